The lowest BCUT2D eigenvalue weighted by molar-refractivity contribution is 0.275. The van der Waals surface area contributed by atoms with Crippen LogP contribution in [0.4, 0.5) is 5.82 Å². The van der Waals surface area contributed by atoms with E-state index in [4.69, 9.17) is 19.4 Å². The number of anilines is 1. The summed E-state index contributed by atoms with van der Waals surface area (Å²) in [6, 6.07) is 16.4. The average molecular weight is 506 g/mol. The minimum atomic E-state index is -3.53. The van der Waals surface area contributed by atoms with Crippen LogP contribution in [0.3, 0.4) is 0 Å². The third kappa shape index (κ3) is 4.81. The molecule has 0 spiro atoms. The number of sulfonamides is 1. The van der Waals surface area contributed by atoms with E-state index in [1.165, 1.54) is 0 Å². The maximum atomic E-state index is 13.2. The maximum absolute atomic E-state index is 13.2. The van der Waals surface area contributed by atoms with E-state index in [0.29, 0.717) is 46.4 Å². The van der Waals surface area contributed by atoms with E-state index in [-0.39, 0.29) is 5.92 Å². The second-order valence-electron chi connectivity index (χ2n) is 8.91. The van der Waals surface area contributed by atoms with E-state index in [0.717, 1.165) is 29.8 Å². The first-order valence-corrected chi connectivity index (χ1v) is 13.3. The molecule has 2 radical (unpaired) electrons. The first kappa shape index (κ1) is 23.8. The van der Waals surface area contributed by atoms with E-state index in [1.54, 1.807) is 27.2 Å². The van der Waals surface area contributed by atoms with Gasteiger partial charge in [0.25, 0.3) is 0 Å². The van der Waals surface area contributed by atoms with Gasteiger partial charge in [-0.1, -0.05) is 47.5 Å². The lowest BCUT2D eigenvalue weighted by Crippen LogP contribution is -2.41. The zero-order valence-electron chi connectivity index (χ0n) is 19.4. The number of piperidine rings is 1. The molecule has 4 aromatic rings. The van der Waals surface area contributed by atoms with E-state index in [1.807, 2.05) is 49.4 Å². The summed E-state index contributed by atoms with van der Waals surface area (Å²) < 4.78 is 29.6. The van der Waals surface area contributed by atoms with Gasteiger partial charge in [-0.15, -0.1) is 0 Å². The molecule has 0 amide bonds. The van der Waals surface area contributed by atoms with Crippen molar-refractivity contribution < 1.29 is 8.42 Å². The first-order valence-electron chi connectivity index (χ1n) is 11.5. The number of nitrogens with zero attached hydrogens (tertiary/aromatic N) is 4. The van der Waals surface area contributed by atoms with Crippen LogP contribution >= 0.6 is 11.6 Å². The molecule has 0 aliphatic carbocycles. The quantitative estimate of drug-likeness (QED) is 0.405. The van der Waals surface area contributed by atoms with Crippen molar-refractivity contribution in [2.75, 3.05) is 25.0 Å². The van der Waals surface area contributed by atoms with E-state index >= 15 is 0 Å². The maximum Gasteiger partial charge on any atom is 0.243 e. The van der Waals surface area contributed by atoms with E-state index in [2.05, 4.69) is 15.4 Å². The zero-order chi connectivity index (χ0) is 24.6. The Bertz CT molecular complexity index is 1470. The molecular formula is C25H25BClN5O2S. The summed E-state index contributed by atoms with van der Waals surface area (Å²) in [5.74, 6) is 0.865. The van der Waals surface area contributed by atoms with Crippen LogP contribution in [0.15, 0.2) is 65.7 Å². The third-order valence-electron chi connectivity index (χ3n) is 6.36. The number of benzene rings is 2. The zero-order valence-corrected chi connectivity index (χ0v) is 20.9. The summed E-state index contributed by atoms with van der Waals surface area (Å²) in [5, 5.41) is 8.42. The fourth-order valence-corrected chi connectivity index (χ4v) is 6.22. The Morgan fingerprint density at radius 3 is 2.71 bits per heavy atom. The highest BCUT2D eigenvalue weighted by Gasteiger charge is 2.30. The summed E-state index contributed by atoms with van der Waals surface area (Å²) in [4.78, 5) is 5.01. The van der Waals surface area contributed by atoms with Crippen LogP contribution in [0, 0.1) is 12.8 Å². The Balaban J connectivity index is 1.37. The van der Waals surface area contributed by atoms with Gasteiger partial charge in [0, 0.05) is 42.5 Å². The van der Waals surface area contributed by atoms with Gasteiger partial charge >= 0.3 is 0 Å². The number of hydrogen-bond acceptors (Lipinski definition) is 5. The molecular weight excluding hydrogens is 481 g/mol. The third-order valence-corrected chi connectivity index (χ3v) is 8.57. The van der Waals surface area contributed by atoms with Gasteiger partial charge in [-0.05, 0) is 49.3 Å². The van der Waals surface area contributed by atoms with Crippen LogP contribution in [0.1, 0.15) is 18.4 Å². The van der Waals surface area contributed by atoms with Crippen LogP contribution in [-0.4, -0.2) is 54.8 Å². The Labute approximate surface area is 211 Å². The molecule has 35 heavy (non-hydrogen) atoms. The van der Waals surface area contributed by atoms with Crippen LogP contribution < -0.4 is 10.8 Å². The minimum absolute atomic E-state index is 0.142. The van der Waals surface area contributed by atoms with Crippen LogP contribution in [0.25, 0.3) is 16.9 Å². The summed E-state index contributed by atoms with van der Waals surface area (Å²) >= 11 is 6.42. The highest BCUT2D eigenvalue weighted by molar-refractivity contribution is 7.89. The molecule has 1 fully saturated rings. The second kappa shape index (κ2) is 9.64. The summed E-state index contributed by atoms with van der Waals surface area (Å²) in [7, 11) is 2.59. The number of aryl methyl sites for hydroxylation is 1. The molecule has 2 aromatic heterocycles. The van der Waals surface area contributed by atoms with Crippen molar-refractivity contribution >= 4 is 46.4 Å². The smallest absolute Gasteiger partial charge is 0.243 e. The number of halogens is 1. The van der Waals surface area contributed by atoms with Gasteiger partial charge in [0.1, 0.15) is 13.7 Å². The van der Waals surface area contributed by atoms with Crippen molar-refractivity contribution in [2.24, 2.45) is 5.92 Å². The summed E-state index contributed by atoms with van der Waals surface area (Å²) in [5.41, 5.74) is 3.52. The van der Waals surface area contributed by atoms with Gasteiger partial charge < -0.3 is 5.32 Å². The lowest BCUT2D eigenvalue weighted by atomic mass is 9.99. The summed E-state index contributed by atoms with van der Waals surface area (Å²) in [6.45, 7) is 3.51. The van der Waals surface area contributed by atoms with Crippen molar-refractivity contribution in [2.45, 2.75) is 24.7 Å². The van der Waals surface area contributed by atoms with Crippen molar-refractivity contribution in [3.05, 3.63) is 71.4 Å². The van der Waals surface area contributed by atoms with Gasteiger partial charge in [0.05, 0.1) is 10.6 Å². The number of hydrogen-bond donors (Lipinski definition) is 1. The average Bonchev–Trinajstić information content (AvgIpc) is 3.24. The van der Waals surface area contributed by atoms with Gasteiger partial charge in [-0.3, -0.25) is 0 Å². The fourth-order valence-electron chi connectivity index (χ4n) is 4.43. The monoisotopic (exact) mass is 505 g/mol. The topological polar surface area (TPSA) is 79.6 Å². The van der Waals surface area contributed by atoms with Crippen molar-refractivity contribution in [1.82, 2.24) is 18.9 Å². The normalized spacial score (nSPS) is 17.0. The Morgan fingerprint density at radius 2 is 1.94 bits per heavy atom. The van der Waals surface area contributed by atoms with E-state index < -0.39 is 10.0 Å². The Hall–Kier alpha value is -2.88. The molecule has 2 aromatic carbocycles. The second-order valence-corrected chi connectivity index (χ2v) is 11.3. The van der Waals surface area contributed by atoms with Gasteiger partial charge in [0.2, 0.25) is 10.0 Å². The highest BCUT2D eigenvalue weighted by Crippen LogP contribution is 2.29. The molecule has 1 saturated heterocycles. The molecule has 1 aliphatic heterocycles. The number of fused-ring (bicyclic) bond motifs is 1. The van der Waals surface area contributed by atoms with Crippen LogP contribution in [0.5, 0.6) is 0 Å². The number of nitrogens with one attached hydrogen (secondary N) is 1. The van der Waals surface area contributed by atoms with Crippen LogP contribution in [0.2, 0.25) is 5.02 Å². The van der Waals surface area contributed by atoms with E-state index in [9.17, 15) is 8.42 Å². The van der Waals surface area contributed by atoms with Gasteiger partial charge in [-0.25, -0.2) is 13.4 Å². The lowest BCUT2D eigenvalue weighted by Gasteiger charge is -2.32. The molecule has 0 bridgehead atoms. The minimum Gasteiger partial charge on any atom is -0.370 e. The standard InChI is InChI=1S/C25H25BClN5O2S/c1-17-8-10-19(11-9-17)35(33,34)31-12-4-5-18(16-31)14-28-24-13-23(20-6-2-3-7-22(20)27)30-25-21(26)15-29-32(24)25/h2-3,6-11,13,15,18,28H,4-5,12,14,16H2,1H3. The molecule has 0 saturated carbocycles. The predicted octanol–water partition coefficient (Wildman–Crippen LogP) is 3.66. The van der Waals surface area contributed by atoms with Crippen LogP contribution in [-0.2, 0) is 10.0 Å². The molecule has 10 heteroatoms. The van der Waals surface area contributed by atoms with Crippen molar-refractivity contribution in [3.8, 4) is 11.3 Å². The Kier molecular flexibility index (Phi) is 6.57. The SMILES string of the molecule is [B]c1cnn2c(NCC3CCCN(S(=O)(=O)c4ccc(C)cc4)C3)cc(-c3ccccc3Cl)nc12. The van der Waals surface area contributed by atoms with Gasteiger partial charge in [0.15, 0.2) is 5.65 Å². The highest BCUT2D eigenvalue weighted by atomic mass is 35.5. The predicted molar refractivity (Wildman–Crippen MR) is 140 cm³/mol. The first-order chi connectivity index (χ1) is 16.8. The number of rotatable bonds is 6. The van der Waals surface area contributed by atoms with Gasteiger partial charge in [-0.2, -0.15) is 13.9 Å². The molecule has 7 nitrogen and oxygen atoms in total. The van der Waals surface area contributed by atoms with Crippen molar-refractivity contribution in [3.63, 3.8) is 0 Å². The molecule has 1 unspecified atom stereocenters. The molecule has 1 atom stereocenters. The molecule has 3 heterocycles. The van der Waals surface area contributed by atoms with Crippen molar-refractivity contribution in [1.29, 1.82) is 0 Å². The fraction of sp³-hybridized carbons (Fsp3) is 0.280. The molecule has 178 valence electrons. The number of aromatic nitrogens is 3. The molecule has 5 rings (SSSR count). The molecule has 1 N–H and O–H groups in total. The Morgan fingerprint density at radius 1 is 1.17 bits per heavy atom. The largest absolute Gasteiger partial charge is 0.370 e. The summed E-state index contributed by atoms with van der Waals surface area (Å²) in [6.07, 6.45) is 3.31. The molecule has 1 aliphatic rings.